The molecule has 1 atom stereocenters. The number of amides is 1. The van der Waals surface area contributed by atoms with Crippen molar-refractivity contribution in [2.24, 2.45) is 5.92 Å². The number of nitrogens with two attached hydrogens (primary N) is 1. The second-order valence-corrected chi connectivity index (χ2v) is 6.09. The van der Waals surface area contributed by atoms with Gasteiger partial charge in [0.25, 0.3) is 5.91 Å². The van der Waals surface area contributed by atoms with Crippen LogP contribution in [-0.4, -0.2) is 29.7 Å². The van der Waals surface area contributed by atoms with Gasteiger partial charge in [0.1, 0.15) is 5.82 Å². The summed E-state index contributed by atoms with van der Waals surface area (Å²) >= 11 is 0. The first-order valence-electron chi connectivity index (χ1n) is 7.99. The molecule has 1 aliphatic rings. The van der Waals surface area contributed by atoms with Gasteiger partial charge in [-0.15, -0.1) is 12.4 Å². The molecule has 1 saturated heterocycles. The smallest absolute Gasteiger partial charge is 0.253 e. The number of anilines is 1. The van der Waals surface area contributed by atoms with E-state index >= 15 is 0 Å². The van der Waals surface area contributed by atoms with Crippen molar-refractivity contribution in [3.63, 3.8) is 0 Å². The van der Waals surface area contributed by atoms with Crippen molar-refractivity contribution < 1.29 is 14.0 Å². The van der Waals surface area contributed by atoms with E-state index in [-0.39, 0.29) is 35.8 Å². The molecule has 1 heterocycles. The van der Waals surface area contributed by atoms with Crippen LogP contribution >= 0.6 is 12.4 Å². The molecule has 0 radical (unpaired) electrons. The minimum absolute atomic E-state index is 0. The lowest BCUT2D eigenvalue weighted by Crippen LogP contribution is -2.42. The lowest BCUT2D eigenvalue weighted by atomic mass is 9.89. The first kappa shape index (κ1) is 18.9. The average molecular weight is 363 g/mol. The monoisotopic (exact) mass is 362 g/mol. The van der Waals surface area contributed by atoms with Crippen molar-refractivity contribution in [3.8, 4) is 0 Å². The molecule has 6 heteroatoms. The van der Waals surface area contributed by atoms with Crippen LogP contribution in [0.4, 0.5) is 10.1 Å². The lowest BCUT2D eigenvalue weighted by molar-refractivity contribution is 0.0637. The minimum atomic E-state index is -0.367. The number of ketones is 1. The van der Waals surface area contributed by atoms with Gasteiger partial charge in [-0.05, 0) is 55.3 Å². The zero-order valence-corrected chi connectivity index (χ0v) is 14.5. The van der Waals surface area contributed by atoms with Crippen molar-refractivity contribution in [2.75, 3.05) is 18.8 Å². The highest BCUT2D eigenvalue weighted by atomic mass is 35.5. The third-order valence-electron chi connectivity index (χ3n) is 4.34. The number of likely N-dealkylation sites (tertiary alicyclic amines) is 1. The standard InChI is InChI=1S/C19H19FN2O2.ClH/c20-16-8-6-13(7-9-16)18(23)15-4-2-10-22(12-15)19(24)14-3-1-5-17(21)11-14;/h1,3,5-9,11,15H,2,4,10,12,21H2;1H. The first-order chi connectivity index (χ1) is 11.5. The quantitative estimate of drug-likeness (QED) is 0.670. The summed E-state index contributed by atoms with van der Waals surface area (Å²) in [5, 5.41) is 0. The number of nitrogen functional groups attached to an aromatic ring is 1. The van der Waals surface area contributed by atoms with Crippen molar-refractivity contribution in [2.45, 2.75) is 12.8 Å². The number of halogens is 2. The van der Waals surface area contributed by atoms with E-state index < -0.39 is 0 Å². The summed E-state index contributed by atoms with van der Waals surface area (Å²) in [7, 11) is 0. The van der Waals surface area contributed by atoms with Gasteiger partial charge >= 0.3 is 0 Å². The minimum Gasteiger partial charge on any atom is -0.399 e. The fraction of sp³-hybridized carbons (Fsp3) is 0.263. The summed E-state index contributed by atoms with van der Waals surface area (Å²) in [6.45, 7) is 1.00. The number of Topliss-reactive ketones (excluding diaryl/α,β-unsaturated/α-hetero) is 1. The Labute approximate surface area is 152 Å². The van der Waals surface area contributed by atoms with E-state index in [0.29, 0.717) is 29.9 Å². The van der Waals surface area contributed by atoms with Gasteiger partial charge in [-0.1, -0.05) is 6.07 Å². The molecule has 1 fully saturated rings. The second kappa shape index (κ2) is 8.12. The molecule has 1 amide bonds. The largest absolute Gasteiger partial charge is 0.399 e. The molecule has 1 aliphatic heterocycles. The van der Waals surface area contributed by atoms with Crippen LogP contribution in [0, 0.1) is 11.7 Å². The fourth-order valence-corrected chi connectivity index (χ4v) is 3.08. The van der Waals surface area contributed by atoms with Crippen molar-refractivity contribution >= 4 is 29.8 Å². The molecule has 0 spiro atoms. The average Bonchev–Trinajstić information content (AvgIpc) is 2.61. The fourth-order valence-electron chi connectivity index (χ4n) is 3.08. The van der Waals surface area contributed by atoms with Gasteiger partial charge < -0.3 is 10.6 Å². The predicted octanol–water partition coefficient (Wildman–Crippen LogP) is 3.56. The van der Waals surface area contributed by atoms with Gasteiger partial charge in [0.2, 0.25) is 0 Å². The molecule has 132 valence electrons. The molecule has 0 aliphatic carbocycles. The molecule has 3 rings (SSSR count). The predicted molar refractivity (Wildman–Crippen MR) is 97.5 cm³/mol. The molecule has 2 aromatic rings. The number of rotatable bonds is 3. The molecule has 4 nitrogen and oxygen atoms in total. The highest BCUT2D eigenvalue weighted by Crippen LogP contribution is 2.23. The molecular weight excluding hydrogens is 343 g/mol. The number of piperidine rings is 1. The maximum atomic E-state index is 13.0. The van der Waals surface area contributed by atoms with E-state index in [4.69, 9.17) is 5.73 Å². The van der Waals surface area contributed by atoms with E-state index in [1.165, 1.54) is 24.3 Å². The number of benzene rings is 2. The number of carbonyl (C=O) groups excluding carboxylic acids is 2. The van der Waals surface area contributed by atoms with Gasteiger partial charge in [0, 0.05) is 35.8 Å². The van der Waals surface area contributed by atoms with E-state index in [2.05, 4.69) is 0 Å². The number of nitrogens with zero attached hydrogens (tertiary/aromatic N) is 1. The summed E-state index contributed by atoms with van der Waals surface area (Å²) in [5.41, 5.74) is 7.29. The van der Waals surface area contributed by atoms with Crippen LogP contribution in [0.5, 0.6) is 0 Å². The van der Waals surface area contributed by atoms with Crippen LogP contribution in [-0.2, 0) is 0 Å². The third-order valence-corrected chi connectivity index (χ3v) is 4.34. The van der Waals surface area contributed by atoms with Gasteiger partial charge in [-0.3, -0.25) is 9.59 Å². The number of hydrogen-bond acceptors (Lipinski definition) is 3. The Morgan fingerprint density at radius 1 is 1.08 bits per heavy atom. The lowest BCUT2D eigenvalue weighted by Gasteiger charge is -2.32. The Morgan fingerprint density at radius 2 is 1.80 bits per heavy atom. The van der Waals surface area contributed by atoms with Crippen LogP contribution < -0.4 is 5.73 Å². The molecule has 0 bridgehead atoms. The van der Waals surface area contributed by atoms with Gasteiger partial charge in [-0.2, -0.15) is 0 Å². The molecule has 2 N–H and O–H groups in total. The van der Waals surface area contributed by atoms with E-state index in [1.54, 1.807) is 29.2 Å². The Balaban J connectivity index is 0.00000225. The maximum Gasteiger partial charge on any atom is 0.253 e. The van der Waals surface area contributed by atoms with E-state index in [0.717, 1.165) is 12.8 Å². The van der Waals surface area contributed by atoms with Gasteiger partial charge in [-0.25, -0.2) is 4.39 Å². The Morgan fingerprint density at radius 3 is 2.48 bits per heavy atom. The van der Waals surface area contributed by atoms with E-state index in [1.807, 2.05) is 0 Å². The molecular formula is C19H20ClFN2O2. The summed E-state index contributed by atoms with van der Waals surface area (Å²) in [6.07, 6.45) is 1.50. The molecule has 25 heavy (non-hydrogen) atoms. The van der Waals surface area contributed by atoms with Crippen LogP contribution in [0.25, 0.3) is 0 Å². The van der Waals surface area contributed by atoms with Crippen LogP contribution in [0.3, 0.4) is 0 Å². The summed E-state index contributed by atoms with van der Waals surface area (Å²) in [4.78, 5) is 26.9. The van der Waals surface area contributed by atoms with Crippen molar-refractivity contribution in [3.05, 3.63) is 65.5 Å². The second-order valence-electron chi connectivity index (χ2n) is 6.09. The Hall–Kier alpha value is -2.40. The molecule has 1 unspecified atom stereocenters. The molecule has 0 saturated carbocycles. The zero-order chi connectivity index (χ0) is 17.1. The molecule has 0 aromatic heterocycles. The highest BCUT2D eigenvalue weighted by Gasteiger charge is 2.29. The first-order valence-corrected chi connectivity index (χ1v) is 7.99. The van der Waals surface area contributed by atoms with E-state index in [9.17, 15) is 14.0 Å². The molecule has 2 aromatic carbocycles. The highest BCUT2D eigenvalue weighted by molar-refractivity contribution is 5.99. The van der Waals surface area contributed by atoms with Gasteiger partial charge in [0.05, 0.1) is 0 Å². The zero-order valence-electron chi connectivity index (χ0n) is 13.7. The van der Waals surface area contributed by atoms with Crippen molar-refractivity contribution in [1.82, 2.24) is 4.90 Å². The third kappa shape index (κ3) is 4.37. The summed E-state index contributed by atoms with van der Waals surface area (Å²) < 4.78 is 13.0. The SMILES string of the molecule is Cl.Nc1cccc(C(=O)N2CCCC(C(=O)c3ccc(F)cc3)C2)c1. The summed E-state index contributed by atoms with van der Waals surface area (Å²) in [6, 6.07) is 12.4. The van der Waals surface area contributed by atoms with Gasteiger partial charge in [0.15, 0.2) is 5.78 Å². The van der Waals surface area contributed by atoms with Crippen molar-refractivity contribution in [1.29, 1.82) is 0 Å². The number of carbonyl (C=O) groups is 2. The normalized spacial score (nSPS) is 16.8. The van der Waals surface area contributed by atoms with Crippen LogP contribution in [0.1, 0.15) is 33.6 Å². The Bertz CT molecular complexity index is 764. The van der Waals surface area contributed by atoms with Crippen LogP contribution in [0.15, 0.2) is 48.5 Å². The Kier molecular flexibility index (Phi) is 6.15. The maximum absolute atomic E-state index is 13.0. The van der Waals surface area contributed by atoms with Crippen LogP contribution in [0.2, 0.25) is 0 Å². The topological polar surface area (TPSA) is 63.4 Å². The number of hydrogen-bond donors (Lipinski definition) is 1. The summed E-state index contributed by atoms with van der Waals surface area (Å²) in [5.74, 6) is -0.776.